The van der Waals surface area contributed by atoms with Gasteiger partial charge in [0.2, 0.25) is 0 Å². The molecular weight excluding hydrogens is 274 g/mol. The molecule has 0 aliphatic carbocycles. The predicted octanol–water partition coefficient (Wildman–Crippen LogP) is 1.98. The van der Waals surface area contributed by atoms with Crippen LogP contribution in [0.5, 0.6) is 5.75 Å². The summed E-state index contributed by atoms with van der Waals surface area (Å²) in [5.41, 5.74) is 0.889. The van der Waals surface area contributed by atoms with Crippen LogP contribution in [0, 0.1) is 0 Å². The molecule has 1 aliphatic heterocycles. The van der Waals surface area contributed by atoms with Crippen molar-refractivity contribution in [3.8, 4) is 17.0 Å². The summed E-state index contributed by atoms with van der Waals surface area (Å²) in [5, 5.41) is 0. The molecule has 3 rings (SSSR count). The van der Waals surface area contributed by atoms with Gasteiger partial charge in [0.15, 0.2) is 5.75 Å². The first kappa shape index (κ1) is 13.0. The number of hydrogen-bond acceptors (Lipinski definition) is 6. The van der Waals surface area contributed by atoms with Gasteiger partial charge in [-0.1, -0.05) is 30.3 Å². The minimum absolute atomic E-state index is 0.00377. The topological polar surface area (TPSA) is 82.6 Å². The molecule has 0 radical (unpaired) electrons. The first-order valence-corrected chi connectivity index (χ1v) is 6.11. The number of ether oxygens (including phenoxy) is 2. The summed E-state index contributed by atoms with van der Waals surface area (Å²) in [6, 6.07) is 8.89. The molecule has 0 amide bonds. The SMILES string of the molecule is CC(=O)Oc1c(-c2ccccc2)ncc2c1C(=O)OC2=O. The number of rotatable bonds is 2. The molecule has 2 heterocycles. The smallest absolute Gasteiger partial charge is 0.350 e. The molecule has 1 aliphatic rings. The summed E-state index contributed by atoms with van der Waals surface area (Å²) in [7, 11) is 0. The number of pyridine rings is 1. The predicted molar refractivity (Wildman–Crippen MR) is 70.7 cm³/mol. The second-order valence-electron chi connectivity index (χ2n) is 4.36. The van der Waals surface area contributed by atoms with Gasteiger partial charge in [-0.25, -0.2) is 9.59 Å². The van der Waals surface area contributed by atoms with E-state index in [-0.39, 0.29) is 16.9 Å². The van der Waals surface area contributed by atoms with E-state index in [1.807, 2.05) is 6.07 Å². The second-order valence-corrected chi connectivity index (χ2v) is 4.36. The lowest BCUT2D eigenvalue weighted by atomic mass is 10.0. The minimum Gasteiger partial charge on any atom is -0.423 e. The molecule has 1 aromatic carbocycles. The molecule has 0 spiro atoms. The third kappa shape index (κ3) is 2.16. The Kier molecular flexibility index (Phi) is 2.98. The van der Waals surface area contributed by atoms with Gasteiger partial charge in [-0.2, -0.15) is 0 Å². The fourth-order valence-corrected chi connectivity index (χ4v) is 2.09. The van der Waals surface area contributed by atoms with Crippen LogP contribution in [-0.4, -0.2) is 22.9 Å². The standard InChI is InChI=1S/C15H9NO5/c1-8(17)20-13-11-10(14(18)21-15(11)19)7-16-12(13)9-5-3-2-4-6-9/h2-7H,1H3. The highest BCUT2D eigenvalue weighted by Gasteiger charge is 2.36. The zero-order valence-corrected chi connectivity index (χ0v) is 11.0. The van der Waals surface area contributed by atoms with Gasteiger partial charge in [0.25, 0.3) is 0 Å². The second kappa shape index (κ2) is 4.82. The molecule has 0 atom stereocenters. The molecular formula is C15H9NO5. The summed E-state index contributed by atoms with van der Waals surface area (Å²) >= 11 is 0. The summed E-state index contributed by atoms with van der Waals surface area (Å²) < 4.78 is 9.64. The molecule has 0 N–H and O–H groups in total. The molecule has 1 aromatic heterocycles. The van der Waals surface area contributed by atoms with E-state index in [9.17, 15) is 14.4 Å². The summed E-state index contributed by atoms with van der Waals surface area (Å²) in [6.45, 7) is 1.20. The van der Waals surface area contributed by atoms with E-state index >= 15 is 0 Å². The van der Waals surface area contributed by atoms with Crippen molar-refractivity contribution in [2.75, 3.05) is 0 Å². The third-order valence-corrected chi connectivity index (χ3v) is 2.94. The van der Waals surface area contributed by atoms with Gasteiger partial charge in [0.1, 0.15) is 11.3 Å². The molecule has 104 valence electrons. The molecule has 0 unspecified atom stereocenters. The van der Waals surface area contributed by atoms with E-state index in [2.05, 4.69) is 9.72 Å². The van der Waals surface area contributed by atoms with Gasteiger partial charge in [0.05, 0.1) is 5.56 Å². The van der Waals surface area contributed by atoms with Crippen LogP contribution >= 0.6 is 0 Å². The highest BCUT2D eigenvalue weighted by Crippen LogP contribution is 2.36. The van der Waals surface area contributed by atoms with Crippen LogP contribution in [0.2, 0.25) is 0 Å². The molecule has 0 fully saturated rings. The van der Waals surface area contributed by atoms with Gasteiger partial charge in [-0.3, -0.25) is 9.78 Å². The van der Waals surface area contributed by atoms with Crippen LogP contribution in [0.1, 0.15) is 27.6 Å². The molecule has 6 heteroatoms. The van der Waals surface area contributed by atoms with Crippen molar-refractivity contribution in [2.45, 2.75) is 6.92 Å². The minimum atomic E-state index is -0.842. The fraction of sp³-hybridized carbons (Fsp3) is 0.0667. The lowest BCUT2D eigenvalue weighted by molar-refractivity contribution is -0.131. The van der Waals surface area contributed by atoms with Crippen molar-refractivity contribution in [1.82, 2.24) is 4.98 Å². The fourth-order valence-electron chi connectivity index (χ4n) is 2.09. The first-order valence-electron chi connectivity index (χ1n) is 6.11. The Labute approximate surface area is 119 Å². The number of benzene rings is 1. The largest absolute Gasteiger partial charge is 0.423 e. The van der Waals surface area contributed by atoms with E-state index < -0.39 is 17.9 Å². The number of nitrogens with zero attached hydrogens (tertiary/aromatic N) is 1. The van der Waals surface area contributed by atoms with Gasteiger partial charge in [0, 0.05) is 18.7 Å². The van der Waals surface area contributed by atoms with Gasteiger partial charge >= 0.3 is 17.9 Å². The number of carbonyl (C=O) groups is 3. The lowest BCUT2D eigenvalue weighted by Crippen LogP contribution is -2.09. The van der Waals surface area contributed by atoms with Crippen molar-refractivity contribution in [3.63, 3.8) is 0 Å². The maximum absolute atomic E-state index is 11.8. The molecule has 6 nitrogen and oxygen atoms in total. The maximum Gasteiger partial charge on any atom is 0.350 e. The normalized spacial score (nSPS) is 12.8. The number of hydrogen-bond donors (Lipinski definition) is 0. The highest BCUT2D eigenvalue weighted by atomic mass is 16.6. The molecule has 2 aromatic rings. The van der Waals surface area contributed by atoms with Gasteiger partial charge in [-0.15, -0.1) is 0 Å². The summed E-state index contributed by atoms with van der Waals surface area (Å²) in [5.74, 6) is -2.31. The number of carbonyl (C=O) groups excluding carboxylic acids is 3. The number of fused-ring (bicyclic) bond motifs is 1. The summed E-state index contributed by atoms with van der Waals surface area (Å²) in [6.07, 6.45) is 1.25. The Hall–Kier alpha value is -3.02. The zero-order valence-electron chi connectivity index (χ0n) is 11.0. The summed E-state index contributed by atoms with van der Waals surface area (Å²) in [4.78, 5) is 38.8. The van der Waals surface area contributed by atoms with Crippen LogP contribution in [-0.2, 0) is 9.53 Å². The van der Waals surface area contributed by atoms with Gasteiger partial charge < -0.3 is 9.47 Å². The van der Waals surface area contributed by atoms with Crippen LogP contribution < -0.4 is 4.74 Å². The zero-order chi connectivity index (χ0) is 15.0. The highest BCUT2D eigenvalue weighted by molar-refractivity contribution is 6.17. The van der Waals surface area contributed by atoms with Crippen molar-refractivity contribution >= 4 is 17.9 Å². The Morgan fingerprint density at radius 1 is 1.14 bits per heavy atom. The van der Waals surface area contributed by atoms with E-state index in [1.165, 1.54) is 13.1 Å². The average Bonchev–Trinajstić information content (AvgIpc) is 2.75. The number of esters is 3. The molecule has 0 saturated heterocycles. The maximum atomic E-state index is 11.8. The first-order chi connectivity index (χ1) is 10.1. The lowest BCUT2D eigenvalue weighted by Gasteiger charge is -2.10. The van der Waals surface area contributed by atoms with Crippen LogP contribution in [0.25, 0.3) is 11.3 Å². The number of aromatic nitrogens is 1. The van der Waals surface area contributed by atoms with E-state index in [4.69, 9.17) is 4.74 Å². The Bertz CT molecular complexity index is 767. The van der Waals surface area contributed by atoms with E-state index in [0.29, 0.717) is 11.3 Å². The monoisotopic (exact) mass is 283 g/mol. The van der Waals surface area contributed by atoms with Crippen LogP contribution in [0.15, 0.2) is 36.5 Å². The van der Waals surface area contributed by atoms with E-state index in [1.54, 1.807) is 24.3 Å². The van der Waals surface area contributed by atoms with Gasteiger partial charge in [-0.05, 0) is 0 Å². The average molecular weight is 283 g/mol. The van der Waals surface area contributed by atoms with Crippen molar-refractivity contribution in [2.24, 2.45) is 0 Å². The Morgan fingerprint density at radius 2 is 1.86 bits per heavy atom. The molecule has 0 saturated carbocycles. The van der Waals surface area contributed by atoms with Crippen LogP contribution in [0.4, 0.5) is 0 Å². The Balaban J connectivity index is 2.27. The van der Waals surface area contributed by atoms with Crippen molar-refractivity contribution in [3.05, 3.63) is 47.7 Å². The number of cyclic esters (lactones) is 2. The molecule has 0 bridgehead atoms. The third-order valence-electron chi connectivity index (χ3n) is 2.94. The quantitative estimate of drug-likeness (QED) is 0.619. The van der Waals surface area contributed by atoms with E-state index in [0.717, 1.165) is 0 Å². The molecule has 21 heavy (non-hydrogen) atoms. The van der Waals surface area contributed by atoms with Crippen molar-refractivity contribution in [1.29, 1.82) is 0 Å². The Morgan fingerprint density at radius 3 is 2.52 bits per heavy atom. The van der Waals surface area contributed by atoms with Crippen LogP contribution in [0.3, 0.4) is 0 Å². The van der Waals surface area contributed by atoms with Crippen molar-refractivity contribution < 1.29 is 23.9 Å².